The lowest BCUT2D eigenvalue weighted by molar-refractivity contribution is -0.161. The summed E-state index contributed by atoms with van der Waals surface area (Å²) in [7, 11) is -9.91. The van der Waals surface area contributed by atoms with E-state index in [9.17, 15) is 43.2 Å². The van der Waals surface area contributed by atoms with Crippen LogP contribution in [0.2, 0.25) is 0 Å². The standard InChI is InChI=1S/C79H154O17P2/c1-6-9-12-15-18-20-22-24-25-26-27-28-32-36-39-43-48-53-58-63-77(82)90-69-75(96-79(84)65-60-55-50-45-41-37-33-30-29-31-35-38-42-47-51-56-61-72(4)5)71-94-98(87,88)92-67-73(80)66-91-97(85,86)93-70-74(68-89-76(81)62-57-52-46-17-14-11-8-3)95-78(83)64-59-54-49-44-40-34-23-21-19-16-13-10-7-2/h72-75,80H,6-71H2,1-5H3,(H,85,86)(H,87,88)/t73-,74+,75+/m0/s1. The molecular formula is C79H154O17P2. The number of ether oxygens (including phenoxy) is 4. The van der Waals surface area contributed by atoms with Gasteiger partial charge in [0, 0.05) is 25.7 Å². The summed E-state index contributed by atoms with van der Waals surface area (Å²) in [5, 5.41) is 10.6. The Hall–Kier alpha value is -1.94. The normalized spacial score (nSPS) is 13.9. The van der Waals surface area contributed by atoms with Crippen molar-refractivity contribution in [2.45, 2.75) is 438 Å². The van der Waals surface area contributed by atoms with Crippen LogP contribution in [0.4, 0.5) is 0 Å². The Balaban J connectivity index is 5.17. The van der Waals surface area contributed by atoms with Crippen molar-refractivity contribution in [3.63, 3.8) is 0 Å². The SMILES string of the molecule is CCCCCCCCCCCCCCCCCCCCCC(=O)OC[C@H](COP(=O)(O)OC[C@@H](O)COP(=O)(O)OC[C@@H](COC(=O)CCCCCCCCC)OC(=O)CCCCCCCCCCCCCCC)OC(=O)CCCCCCCCCCCCCCCCCCC(C)C. The van der Waals surface area contributed by atoms with E-state index >= 15 is 0 Å². The van der Waals surface area contributed by atoms with Crippen molar-refractivity contribution >= 4 is 39.5 Å². The Kier molecular flexibility index (Phi) is 70.6. The minimum atomic E-state index is -4.96. The highest BCUT2D eigenvalue weighted by atomic mass is 31.2. The zero-order valence-electron chi connectivity index (χ0n) is 63.9. The molecule has 0 saturated heterocycles. The monoisotopic (exact) mass is 1440 g/mol. The summed E-state index contributed by atoms with van der Waals surface area (Å²) in [6.45, 7) is 7.31. The minimum Gasteiger partial charge on any atom is -0.462 e. The maximum Gasteiger partial charge on any atom is 0.472 e. The molecule has 0 aliphatic carbocycles. The summed E-state index contributed by atoms with van der Waals surface area (Å²) in [4.78, 5) is 72.8. The molecule has 17 nitrogen and oxygen atoms in total. The quantitative estimate of drug-likeness (QED) is 0.0222. The maximum absolute atomic E-state index is 13.1. The van der Waals surface area contributed by atoms with Crippen LogP contribution in [-0.2, 0) is 65.4 Å². The lowest BCUT2D eigenvalue weighted by Crippen LogP contribution is -2.30. The van der Waals surface area contributed by atoms with Crippen LogP contribution in [0.3, 0.4) is 0 Å². The van der Waals surface area contributed by atoms with Crippen LogP contribution in [0.15, 0.2) is 0 Å². The second-order valence-electron chi connectivity index (χ2n) is 28.9. The summed E-state index contributed by atoms with van der Waals surface area (Å²) < 4.78 is 68.5. The molecule has 0 heterocycles. The van der Waals surface area contributed by atoms with Crippen LogP contribution in [0.5, 0.6) is 0 Å². The molecule has 0 aliphatic rings. The molecule has 0 rings (SSSR count). The lowest BCUT2D eigenvalue weighted by Gasteiger charge is -2.21. The van der Waals surface area contributed by atoms with Crippen LogP contribution >= 0.6 is 15.6 Å². The highest BCUT2D eigenvalue weighted by Crippen LogP contribution is 2.45. The molecule has 2 unspecified atom stereocenters. The van der Waals surface area contributed by atoms with Crippen molar-refractivity contribution < 1.29 is 80.2 Å². The Morgan fingerprint density at radius 3 is 0.694 bits per heavy atom. The van der Waals surface area contributed by atoms with E-state index < -0.39 is 97.5 Å². The molecule has 0 spiro atoms. The van der Waals surface area contributed by atoms with E-state index in [0.29, 0.717) is 25.7 Å². The number of phosphoric acid groups is 2. The molecule has 0 amide bonds. The van der Waals surface area contributed by atoms with Crippen molar-refractivity contribution in [2.75, 3.05) is 39.6 Å². The predicted octanol–water partition coefficient (Wildman–Crippen LogP) is 23.6. The van der Waals surface area contributed by atoms with Gasteiger partial charge in [-0.3, -0.25) is 37.3 Å². The Morgan fingerprint density at radius 2 is 0.469 bits per heavy atom. The first-order chi connectivity index (χ1) is 47.5. The molecule has 0 fully saturated rings. The number of phosphoric ester groups is 2. The molecule has 5 atom stereocenters. The van der Waals surface area contributed by atoms with Crippen LogP contribution in [-0.4, -0.2) is 96.7 Å². The molecular weight excluding hydrogens is 1280 g/mol. The highest BCUT2D eigenvalue weighted by Gasteiger charge is 2.30. The largest absolute Gasteiger partial charge is 0.472 e. The van der Waals surface area contributed by atoms with E-state index in [0.717, 1.165) is 109 Å². The van der Waals surface area contributed by atoms with Gasteiger partial charge in [-0.05, 0) is 31.6 Å². The van der Waals surface area contributed by atoms with E-state index in [1.807, 2.05) is 0 Å². The number of hydrogen-bond acceptors (Lipinski definition) is 15. The van der Waals surface area contributed by atoms with Gasteiger partial charge in [-0.2, -0.15) is 0 Å². The topological polar surface area (TPSA) is 237 Å². The van der Waals surface area contributed by atoms with Gasteiger partial charge in [0.1, 0.15) is 19.3 Å². The number of aliphatic hydroxyl groups excluding tert-OH is 1. The molecule has 0 aromatic heterocycles. The summed E-state index contributed by atoms with van der Waals surface area (Å²) in [6, 6.07) is 0. The van der Waals surface area contributed by atoms with Gasteiger partial charge in [0.05, 0.1) is 26.4 Å². The van der Waals surface area contributed by atoms with Crippen molar-refractivity contribution in [2.24, 2.45) is 5.92 Å². The summed E-state index contributed by atoms with van der Waals surface area (Å²) >= 11 is 0. The van der Waals surface area contributed by atoms with E-state index in [4.69, 9.17) is 37.0 Å². The average molecular weight is 1440 g/mol. The van der Waals surface area contributed by atoms with Gasteiger partial charge in [0.25, 0.3) is 0 Å². The molecule has 19 heteroatoms. The third-order valence-electron chi connectivity index (χ3n) is 18.5. The smallest absolute Gasteiger partial charge is 0.462 e. The summed E-state index contributed by atoms with van der Waals surface area (Å²) in [6.07, 6.45) is 62.6. The second kappa shape index (κ2) is 72.0. The van der Waals surface area contributed by atoms with E-state index in [1.165, 1.54) is 231 Å². The molecule has 0 aliphatic heterocycles. The van der Waals surface area contributed by atoms with E-state index in [-0.39, 0.29) is 25.7 Å². The van der Waals surface area contributed by atoms with Crippen molar-refractivity contribution in [1.82, 2.24) is 0 Å². The maximum atomic E-state index is 13.1. The fraction of sp³-hybridized carbons (Fsp3) is 0.949. The van der Waals surface area contributed by atoms with Crippen molar-refractivity contribution in [3.05, 3.63) is 0 Å². The first kappa shape index (κ1) is 96.1. The number of carbonyl (C=O) groups is 4. The molecule has 0 bridgehead atoms. The van der Waals surface area contributed by atoms with E-state index in [1.54, 1.807) is 0 Å². The van der Waals surface area contributed by atoms with Crippen LogP contribution in [0, 0.1) is 5.92 Å². The molecule has 0 saturated carbocycles. The van der Waals surface area contributed by atoms with E-state index in [2.05, 4.69) is 34.6 Å². The average Bonchev–Trinajstić information content (AvgIpc) is 1.05. The van der Waals surface area contributed by atoms with Gasteiger partial charge >= 0.3 is 39.5 Å². The molecule has 582 valence electrons. The van der Waals surface area contributed by atoms with Gasteiger partial charge in [-0.15, -0.1) is 0 Å². The number of esters is 4. The Morgan fingerprint density at radius 1 is 0.276 bits per heavy atom. The molecule has 0 aromatic carbocycles. The zero-order chi connectivity index (χ0) is 71.9. The van der Waals surface area contributed by atoms with Gasteiger partial charge in [0.15, 0.2) is 12.2 Å². The fourth-order valence-corrected chi connectivity index (χ4v) is 13.8. The predicted molar refractivity (Wildman–Crippen MR) is 400 cm³/mol. The fourth-order valence-electron chi connectivity index (χ4n) is 12.2. The van der Waals surface area contributed by atoms with Crippen LogP contribution in [0.1, 0.15) is 420 Å². The minimum absolute atomic E-state index is 0.108. The van der Waals surface area contributed by atoms with Crippen LogP contribution in [0.25, 0.3) is 0 Å². The van der Waals surface area contributed by atoms with Crippen molar-refractivity contribution in [1.29, 1.82) is 0 Å². The highest BCUT2D eigenvalue weighted by molar-refractivity contribution is 7.47. The first-order valence-corrected chi connectivity index (χ1v) is 44.1. The van der Waals surface area contributed by atoms with Gasteiger partial charge < -0.3 is 33.8 Å². The summed E-state index contributed by atoms with van der Waals surface area (Å²) in [5.74, 6) is -1.30. The second-order valence-corrected chi connectivity index (χ2v) is 31.8. The zero-order valence-corrected chi connectivity index (χ0v) is 65.7. The number of unbranched alkanes of at least 4 members (excludes halogenated alkanes) is 51. The van der Waals surface area contributed by atoms with Gasteiger partial charge in [-0.1, -0.05) is 369 Å². The molecule has 0 radical (unpaired) electrons. The third kappa shape index (κ3) is 72.4. The van der Waals surface area contributed by atoms with Gasteiger partial charge in [0.2, 0.25) is 0 Å². The number of aliphatic hydroxyl groups is 1. The third-order valence-corrected chi connectivity index (χ3v) is 20.4. The molecule has 98 heavy (non-hydrogen) atoms. The number of carbonyl (C=O) groups excluding carboxylic acids is 4. The summed E-state index contributed by atoms with van der Waals surface area (Å²) in [5.41, 5.74) is 0. The Bertz CT molecular complexity index is 1870. The van der Waals surface area contributed by atoms with Crippen LogP contribution < -0.4 is 0 Å². The van der Waals surface area contributed by atoms with Gasteiger partial charge in [-0.25, -0.2) is 9.13 Å². The number of hydrogen-bond donors (Lipinski definition) is 3. The Labute approximate surface area is 600 Å². The lowest BCUT2D eigenvalue weighted by atomic mass is 10.0. The van der Waals surface area contributed by atoms with Crippen molar-refractivity contribution in [3.8, 4) is 0 Å². The molecule has 3 N–H and O–H groups in total. The number of rotatable bonds is 79. The molecule has 0 aromatic rings. The first-order valence-electron chi connectivity index (χ1n) is 41.1.